The lowest BCUT2D eigenvalue weighted by Crippen LogP contribution is -2.62. The molecule has 0 aliphatic carbocycles. The van der Waals surface area contributed by atoms with Gasteiger partial charge in [0, 0.05) is 25.5 Å². The van der Waals surface area contributed by atoms with Gasteiger partial charge in [-0.2, -0.15) is 5.10 Å². The maximum atomic E-state index is 13.6. The van der Waals surface area contributed by atoms with Crippen molar-refractivity contribution in [3.8, 4) is 0 Å². The minimum atomic E-state index is -0.643. The number of carbonyl (C=O) groups excluding carboxylic acids is 2. The van der Waals surface area contributed by atoms with Crippen molar-refractivity contribution in [3.05, 3.63) is 48.0 Å². The van der Waals surface area contributed by atoms with Crippen LogP contribution in [-0.4, -0.2) is 58.3 Å². The fraction of sp³-hybridized carbons (Fsp3) is 0.421. The van der Waals surface area contributed by atoms with Gasteiger partial charge in [-0.25, -0.2) is 4.39 Å². The number of anilines is 1. The third-order valence-corrected chi connectivity index (χ3v) is 5.15. The summed E-state index contributed by atoms with van der Waals surface area (Å²) in [6.45, 7) is 1.24. The maximum Gasteiger partial charge on any atom is 0.257 e. The number of amides is 2. The van der Waals surface area contributed by atoms with Gasteiger partial charge in [-0.05, 0) is 31.0 Å². The molecule has 1 unspecified atom stereocenters. The first-order chi connectivity index (χ1) is 13.0. The molecule has 0 radical (unpaired) electrons. The Labute approximate surface area is 156 Å². The Morgan fingerprint density at radius 3 is 2.93 bits per heavy atom. The van der Waals surface area contributed by atoms with E-state index in [1.165, 1.54) is 12.1 Å². The molecule has 2 fully saturated rings. The van der Waals surface area contributed by atoms with E-state index < -0.39 is 11.4 Å². The van der Waals surface area contributed by atoms with Crippen LogP contribution in [0.25, 0.3) is 0 Å². The number of hydrogen-bond donors (Lipinski definition) is 0. The zero-order chi connectivity index (χ0) is 19.0. The number of nitrogens with zero attached hydrogens (tertiary/aromatic N) is 4. The quantitative estimate of drug-likeness (QED) is 0.803. The molecular formula is C19H21FN4O3. The van der Waals surface area contributed by atoms with E-state index in [2.05, 4.69) is 5.10 Å². The first-order valence-electron chi connectivity index (χ1n) is 8.94. The highest BCUT2D eigenvalue weighted by Gasteiger charge is 2.44. The van der Waals surface area contributed by atoms with E-state index in [0.717, 1.165) is 12.8 Å². The lowest BCUT2D eigenvalue weighted by Gasteiger charge is -2.47. The van der Waals surface area contributed by atoms with E-state index in [1.807, 2.05) is 0 Å². The van der Waals surface area contributed by atoms with E-state index in [0.29, 0.717) is 30.9 Å². The second-order valence-corrected chi connectivity index (χ2v) is 7.16. The van der Waals surface area contributed by atoms with Gasteiger partial charge in [0.05, 0.1) is 24.8 Å². The van der Waals surface area contributed by atoms with Gasteiger partial charge in [-0.1, -0.05) is 6.07 Å². The Morgan fingerprint density at radius 1 is 1.33 bits per heavy atom. The van der Waals surface area contributed by atoms with E-state index in [4.69, 9.17) is 4.74 Å². The highest BCUT2D eigenvalue weighted by Crippen LogP contribution is 2.32. The molecule has 2 aliphatic heterocycles. The Balaban J connectivity index is 1.55. The standard InChI is InChI=1S/C19H21FN4O3/c1-22-10-14(9-21-22)18(26)23-7-3-6-19(12-23)13-24(17(25)11-27-19)16-5-2-4-15(20)8-16/h2,4-5,8-10H,3,6-7,11-13H2,1H3. The van der Waals surface area contributed by atoms with E-state index in [-0.39, 0.29) is 18.4 Å². The van der Waals surface area contributed by atoms with Crippen LogP contribution in [0.3, 0.4) is 0 Å². The van der Waals surface area contributed by atoms with Crippen LogP contribution in [0.4, 0.5) is 10.1 Å². The second-order valence-electron chi connectivity index (χ2n) is 7.16. The van der Waals surface area contributed by atoms with Crippen LogP contribution >= 0.6 is 0 Å². The van der Waals surface area contributed by atoms with Crippen molar-refractivity contribution in [3.63, 3.8) is 0 Å². The molecule has 3 heterocycles. The van der Waals surface area contributed by atoms with Crippen LogP contribution in [0.1, 0.15) is 23.2 Å². The minimum absolute atomic E-state index is 0.0779. The normalized spacial score (nSPS) is 23.1. The Bertz CT molecular complexity index is 883. The van der Waals surface area contributed by atoms with Crippen molar-refractivity contribution in [1.29, 1.82) is 0 Å². The average Bonchev–Trinajstić information content (AvgIpc) is 3.10. The van der Waals surface area contributed by atoms with Crippen LogP contribution in [0, 0.1) is 5.82 Å². The number of likely N-dealkylation sites (tertiary alicyclic amines) is 1. The van der Waals surface area contributed by atoms with Gasteiger partial charge in [-0.15, -0.1) is 0 Å². The van der Waals surface area contributed by atoms with Gasteiger partial charge < -0.3 is 14.5 Å². The minimum Gasteiger partial charge on any atom is -0.361 e. The Kier molecular flexibility index (Phi) is 4.43. The smallest absolute Gasteiger partial charge is 0.257 e. The summed E-state index contributed by atoms with van der Waals surface area (Å²) in [6.07, 6.45) is 4.75. The first kappa shape index (κ1) is 17.7. The van der Waals surface area contributed by atoms with Crippen LogP contribution in [0.15, 0.2) is 36.7 Å². The molecular weight excluding hydrogens is 351 g/mol. The average molecular weight is 372 g/mol. The van der Waals surface area contributed by atoms with Crippen molar-refractivity contribution in [1.82, 2.24) is 14.7 Å². The Hall–Kier alpha value is -2.74. The molecule has 1 aromatic heterocycles. The van der Waals surface area contributed by atoms with Crippen molar-refractivity contribution in [2.75, 3.05) is 31.1 Å². The Morgan fingerprint density at radius 2 is 2.19 bits per heavy atom. The molecule has 2 amide bonds. The number of benzene rings is 1. The summed E-state index contributed by atoms with van der Waals surface area (Å²) < 4.78 is 21.1. The highest BCUT2D eigenvalue weighted by atomic mass is 19.1. The number of aryl methyl sites for hydroxylation is 1. The second kappa shape index (κ2) is 6.77. The number of piperidine rings is 1. The summed E-state index contributed by atoms with van der Waals surface area (Å²) in [7, 11) is 1.77. The molecule has 1 spiro atoms. The number of hydrogen-bond acceptors (Lipinski definition) is 4. The largest absolute Gasteiger partial charge is 0.361 e. The van der Waals surface area contributed by atoms with Gasteiger partial charge in [0.1, 0.15) is 18.0 Å². The summed E-state index contributed by atoms with van der Waals surface area (Å²) >= 11 is 0. The molecule has 2 saturated heterocycles. The topological polar surface area (TPSA) is 67.7 Å². The maximum absolute atomic E-state index is 13.6. The summed E-state index contributed by atoms with van der Waals surface area (Å²) in [5, 5.41) is 4.06. The molecule has 2 aromatic rings. The fourth-order valence-corrected chi connectivity index (χ4v) is 3.83. The van der Waals surface area contributed by atoms with Crippen LogP contribution in [0.2, 0.25) is 0 Å². The van der Waals surface area contributed by atoms with Crippen LogP contribution in [-0.2, 0) is 16.6 Å². The number of aromatic nitrogens is 2. The van der Waals surface area contributed by atoms with Gasteiger partial charge >= 0.3 is 0 Å². The fourth-order valence-electron chi connectivity index (χ4n) is 3.83. The summed E-state index contributed by atoms with van der Waals surface area (Å²) in [5.41, 5.74) is 0.401. The number of ether oxygens (including phenoxy) is 1. The molecule has 2 aliphatic rings. The third kappa shape index (κ3) is 3.44. The summed E-state index contributed by atoms with van der Waals surface area (Å²) in [4.78, 5) is 28.5. The molecule has 27 heavy (non-hydrogen) atoms. The van der Waals surface area contributed by atoms with E-state index in [1.54, 1.807) is 46.1 Å². The molecule has 0 bridgehead atoms. The zero-order valence-electron chi connectivity index (χ0n) is 15.1. The molecule has 4 rings (SSSR count). The molecule has 142 valence electrons. The SMILES string of the molecule is Cn1cc(C(=O)N2CCCC3(C2)CN(c2cccc(F)c2)C(=O)CO3)cn1. The monoisotopic (exact) mass is 372 g/mol. The predicted molar refractivity (Wildman–Crippen MR) is 95.8 cm³/mol. The number of morpholine rings is 1. The van der Waals surface area contributed by atoms with Gasteiger partial charge in [-0.3, -0.25) is 14.3 Å². The van der Waals surface area contributed by atoms with Gasteiger partial charge in [0.25, 0.3) is 11.8 Å². The van der Waals surface area contributed by atoms with E-state index >= 15 is 0 Å². The summed E-state index contributed by atoms with van der Waals surface area (Å²) in [5.74, 6) is -0.695. The van der Waals surface area contributed by atoms with Crippen molar-refractivity contribution in [2.24, 2.45) is 7.05 Å². The van der Waals surface area contributed by atoms with Crippen molar-refractivity contribution in [2.45, 2.75) is 18.4 Å². The van der Waals surface area contributed by atoms with Crippen LogP contribution in [0.5, 0.6) is 0 Å². The number of carbonyl (C=O) groups is 2. The molecule has 0 saturated carbocycles. The van der Waals surface area contributed by atoms with Crippen molar-refractivity contribution >= 4 is 17.5 Å². The molecule has 1 aromatic carbocycles. The number of halogens is 1. The third-order valence-electron chi connectivity index (χ3n) is 5.15. The van der Waals surface area contributed by atoms with Gasteiger partial charge in [0.15, 0.2) is 0 Å². The van der Waals surface area contributed by atoms with Crippen molar-refractivity contribution < 1.29 is 18.7 Å². The van der Waals surface area contributed by atoms with E-state index in [9.17, 15) is 14.0 Å². The number of rotatable bonds is 2. The molecule has 7 nitrogen and oxygen atoms in total. The highest BCUT2D eigenvalue weighted by molar-refractivity contribution is 5.96. The lowest BCUT2D eigenvalue weighted by molar-refractivity contribution is -0.144. The summed E-state index contributed by atoms with van der Waals surface area (Å²) in [6, 6.07) is 5.98. The lowest BCUT2D eigenvalue weighted by atomic mass is 9.90. The first-order valence-corrected chi connectivity index (χ1v) is 8.94. The molecule has 1 atom stereocenters. The van der Waals surface area contributed by atoms with Gasteiger partial charge in [0.2, 0.25) is 0 Å². The molecule has 8 heteroatoms. The molecule has 0 N–H and O–H groups in total. The predicted octanol–water partition coefficient (Wildman–Crippen LogP) is 1.60. The zero-order valence-corrected chi connectivity index (χ0v) is 15.1. The van der Waals surface area contributed by atoms with Crippen LogP contribution < -0.4 is 4.90 Å².